The van der Waals surface area contributed by atoms with E-state index in [4.69, 9.17) is 9.47 Å². The summed E-state index contributed by atoms with van der Waals surface area (Å²) in [5.41, 5.74) is -0.312. The number of hydrogen-bond acceptors (Lipinski definition) is 7. The van der Waals surface area contributed by atoms with Crippen LogP contribution < -0.4 is 0 Å². The van der Waals surface area contributed by atoms with Gasteiger partial charge in [0.1, 0.15) is 17.2 Å². The van der Waals surface area contributed by atoms with E-state index in [1.54, 1.807) is 26.0 Å². The van der Waals surface area contributed by atoms with Gasteiger partial charge in [0.15, 0.2) is 0 Å². The smallest absolute Gasteiger partial charge is 0.222 e. The largest absolute Gasteiger partial charge is 0.442 e. The third-order valence-electron chi connectivity index (χ3n) is 5.73. The molecule has 0 spiro atoms. The molecule has 0 bridgehead atoms. The van der Waals surface area contributed by atoms with Crippen LogP contribution in [0.5, 0.6) is 0 Å². The SMILES string of the molecule is CC1C=C(CN2CC/C=C/CC(OC(C)(C)C(O)N=O)/C=C/CC2)OC(c2ccc(F)cc2)=N1. The zero-order valence-electron chi connectivity index (χ0n) is 20.1. The second kappa shape index (κ2) is 12.1. The van der Waals surface area contributed by atoms with E-state index >= 15 is 0 Å². The highest BCUT2D eigenvalue weighted by atomic mass is 19.1. The molecule has 0 aromatic heterocycles. The average molecular weight is 472 g/mol. The summed E-state index contributed by atoms with van der Waals surface area (Å²) < 4.78 is 25.3. The molecule has 8 heteroatoms. The standard InChI is InChI=1S/C26H34FN3O4/c1-19-17-23(33-24(28-19)20-11-13-21(27)14-12-20)18-30-15-7-4-5-9-22(10-6-8-16-30)34-26(2,3)25(31)29-32/h4-6,10-14,17,19,22,25,31H,7-9,15-16,18H2,1-3H3/b5-4+,10-6+. The maximum Gasteiger partial charge on any atom is 0.222 e. The maximum atomic E-state index is 13.3. The lowest BCUT2D eigenvalue weighted by Crippen LogP contribution is -2.40. The average Bonchev–Trinajstić information content (AvgIpc) is 2.84. The Kier molecular flexibility index (Phi) is 9.27. The molecule has 2 aliphatic heterocycles. The molecule has 3 rings (SSSR count). The Labute approximate surface area is 200 Å². The number of ether oxygens (including phenoxy) is 2. The van der Waals surface area contributed by atoms with Crippen molar-refractivity contribution in [2.24, 2.45) is 10.2 Å². The van der Waals surface area contributed by atoms with Crippen molar-refractivity contribution in [3.8, 4) is 0 Å². The molecular weight excluding hydrogens is 437 g/mol. The third-order valence-corrected chi connectivity index (χ3v) is 5.73. The molecule has 184 valence electrons. The van der Waals surface area contributed by atoms with Crippen molar-refractivity contribution in [2.75, 3.05) is 19.6 Å². The van der Waals surface area contributed by atoms with Gasteiger partial charge >= 0.3 is 0 Å². The zero-order valence-corrected chi connectivity index (χ0v) is 20.1. The second-order valence-electron chi connectivity index (χ2n) is 9.14. The summed E-state index contributed by atoms with van der Waals surface area (Å²) in [4.78, 5) is 17.6. The van der Waals surface area contributed by atoms with E-state index in [1.165, 1.54) is 12.1 Å². The first-order valence-corrected chi connectivity index (χ1v) is 11.7. The van der Waals surface area contributed by atoms with Gasteiger partial charge in [-0.1, -0.05) is 24.3 Å². The van der Waals surface area contributed by atoms with Crippen molar-refractivity contribution in [1.82, 2.24) is 4.90 Å². The molecule has 0 amide bonds. The molecule has 0 radical (unpaired) electrons. The van der Waals surface area contributed by atoms with Crippen molar-refractivity contribution < 1.29 is 19.0 Å². The molecule has 1 N–H and O–H groups in total. The molecule has 2 heterocycles. The van der Waals surface area contributed by atoms with Crippen LogP contribution in [-0.2, 0) is 9.47 Å². The summed E-state index contributed by atoms with van der Waals surface area (Å²) >= 11 is 0. The minimum absolute atomic E-state index is 0.0232. The number of rotatable bonds is 7. The first-order chi connectivity index (χ1) is 16.3. The number of halogens is 1. The summed E-state index contributed by atoms with van der Waals surface area (Å²) in [6, 6.07) is 6.15. The third kappa shape index (κ3) is 7.68. The quantitative estimate of drug-likeness (QED) is 0.459. The Morgan fingerprint density at radius 2 is 1.94 bits per heavy atom. The highest BCUT2D eigenvalue weighted by Crippen LogP contribution is 2.22. The molecule has 0 saturated carbocycles. The molecule has 3 atom stereocenters. The van der Waals surface area contributed by atoms with Gasteiger partial charge in [0.2, 0.25) is 12.1 Å². The molecule has 1 aromatic rings. The Bertz CT molecular complexity index is 940. The fourth-order valence-corrected chi connectivity index (χ4v) is 3.83. The highest BCUT2D eigenvalue weighted by Gasteiger charge is 2.32. The number of hydrogen-bond donors (Lipinski definition) is 1. The van der Waals surface area contributed by atoms with Crippen LogP contribution >= 0.6 is 0 Å². The lowest BCUT2D eigenvalue weighted by atomic mass is 10.1. The molecule has 0 saturated heterocycles. The summed E-state index contributed by atoms with van der Waals surface area (Å²) in [5, 5.41) is 12.5. The van der Waals surface area contributed by atoms with Gasteiger partial charge in [0.05, 0.1) is 18.7 Å². The first-order valence-electron chi connectivity index (χ1n) is 11.7. The Balaban J connectivity index is 1.60. The van der Waals surface area contributed by atoms with Crippen LogP contribution in [0, 0.1) is 10.7 Å². The normalized spacial score (nSPS) is 25.2. The van der Waals surface area contributed by atoms with Gasteiger partial charge in [0.25, 0.3) is 0 Å². The van der Waals surface area contributed by atoms with E-state index in [0.29, 0.717) is 18.9 Å². The van der Waals surface area contributed by atoms with Crippen LogP contribution in [0.2, 0.25) is 0 Å². The first kappa shape index (κ1) is 25.9. The fraction of sp³-hybridized carbons (Fsp3) is 0.500. The molecule has 2 aliphatic rings. The predicted molar refractivity (Wildman–Crippen MR) is 131 cm³/mol. The lowest BCUT2D eigenvalue weighted by molar-refractivity contribution is -0.118. The molecule has 3 unspecified atom stereocenters. The summed E-state index contributed by atoms with van der Waals surface area (Å²) in [5.74, 6) is 1.06. The van der Waals surface area contributed by atoms with Gasteiger partial charge in [-0.3, -0.25) is 4.90 Å². The van der Waals surface area contributed by atoms with E-state index in [1.807, 2.05) is 19.1 Å². The number of benzene rings is 1. The van der Waals surface area contributed by atoms with Gasteiger partial charge in [-0.05, 0) is 75.6 Å². The van der Waals surface area contributed by atoms with Crippen LogP contribution in [0.1, 0.15) is 45.6 Å². The van der Waals surface area contributed by atoms with Gasteiger partial charge in [0, 0.05) is 18.7 Å². The second-order valence-corrected chi connectivity index (χ2v) is 9.14. The summed E-state index contributed by atoms with van der Waals surface area (Å²) in [7, 11) is 0. The van der Waals surface area contributed by atoms with Gasteiger partial charge in [-0.2, -0.15) is 0 Å². The van der Waals surface area contributed by atoms with Gasteiger partial charge in [-0.25, -0.2) is 9.38 Å². The van der Waals surface area contributed by atoms with E-state index in [2.05, 4.69) is 33.3 Å². The number of aliphatic imine (C=N–C) groups is 1. The predicted octanol–water partition coefficient (Wildman–Crippen LogP) is 4.72. The van der Waals surface area contributed by atoms with Gasteiger partial charge in [-0.15, -0.1) is 4.91 Å². The summed E-state index contributed by atoms with van der Waals surface area (Å²) in [6.45, 7) is 7.67. The van der Waals surface area contributed by atoms with Crippen LogP contribution in [0.3, 0.4) is 0 Å². The topological polar surface area (TPSA) is 83.7 Å². The summed E-state index contributed by atoms with van der Waals surface area (Å²) in [6.07, 6.45) is 10.9. The minimum Gasteiger partial charge on any atom is -0.442 e. The van der Waals surface area contributed by atoms with Crippen LogP contribution in [0.4, 0.5) is 4.39 Å². The Morgan fingerprint density at radius 3 is 2.65 bits per heavy atom. The van der Waals surface area contributed by atoms with Crippen LogP contribution in [0.15, 0.2) is 70.6 Å². The van der Waals surface area contributed by atoms with Crippen molar-refractivity contribution >= 4 is 5.90 Å². The highest BCUT2D eigenvalue weighted by molar-refractivity contribution is 5.95. The van der Waals surface area contributed by atoms with E-state index in [-0.39, 0.29) is 18.0 Å². The molecular formula is C26H34FN3O4. The number of aliphatic hydroxyl groups excluding tert-OH is 1. The van der Waals surface area contributed by atoms with Crippen molar-refractivity contribution in [1.29, 1.82) is 0 Å². The van der Waals surface area contributed by atoms with Crippen LogP contribution in [0.25, 0.3) is 0 Å². The Morgan fingerprint density at radius 1 is 1.24 bits per heavy atom. The molecule has 0 fully saturated rings. The van der Waals surface area contributed by atoms with E-state index in [9.17, 15) is 14.4 Å². The van der Waals surface area contributed by atoms with E-state index in [0.717, 1.165) is 37.3 Å². The zero-order chi connectivity index (χ0) is 24.6. The molecule has 0 aliphatic carbocycles. The van der Waals surface area contributed by atoms with Crippen molar-refractivity contribution in [3.63, 3.8) is 0 Å². The number of nitroso groups, excluding NO2 is 1. The number of aliphatic hydroxyl groups is 1. The lowest BCUT2D eigenvalue weighted by Gasteiger charge is -2.30. The molecule has 34 heavy (non-hydrogen) atoms. The van der Waals surface area contributed by atoms with Crippen molar-refractivity contribution in [3.05, 3.63) is 76.7 Å². The Hall–Kier alpha value is -2.68. The fourth-order valence-electron chi connectivity index (χ4n) is 3.83. The van der Waals surface area contributed by atoms with Gasteiger partial charge < -0.3 is 14.6 Å². The van der Waals surface area contributed by atoms with Crippen molar-refractivity contribution in [2.45, 2.75) is 64.0 Å². The maximum absolute atomic E-state index is 13.3. The van der Waals surface area contributed by atoms with Crippen LogP contribution in [-0.4, -0.2) is 59.5 Å². The molecule has 1 aromatic carbocycles. The monoisotopic (exact) mass is 471 g/mol. The number of nitrogens with zero attached hydrogens (tertiary/aromatic N) is 3. The van der Waals surface area contributed by atoms with E-state index < -0.39 is 11.8 Å². The molecule has 7 nitrogen and oxygen atoms in total. The minimum atomic E-state index is -1.42.